The van der Waals surface area contributed by atoms with Crippen LogP contribution in [-0.2, 0) is 4.74 Å². The lowest BCUT2D eigenvalue weighted by Crippen LogP contribution is -2.12. The Labute approximate surface area is 59.5 Å². The molecule has 4 heteroatoms. The maximum absolute atomic E-state index is 6.86. The summed E-state index contributed by atoms with van der Waals surface area (Å²) in [4.78, 5) is 0. The van der Waals surface area contributed by atoms with Crippen molar-refractivity contribution >= 4 is 16.9 Å². The number of amidine groups is 1. The van der Waals surface area contributed by atoms with E-state index in [-0.39, 0.29) is 10.6 Å². The van der Waals surface area contributed by atoms with Gasteiger partial charge in [-0.15, -0.1) is 0 Å². The minimum atomic E-state index is 0.00694. The van der Waals surface area contributed by atoms with Crippen molar-refractivity contribution in [3.8, 4) is 0 Å². The monoisotopic (exact) mass is 148 g/mol. The Bertz CT molecular complexity index is 97.0. The number of nitrogens with two attached hydrogens (primary N) is 1. The van der Waals surface area contributed by atoms with E-state index in [1.54, 1.807) is 0 Å². The first-order chi connectivity index (χ1) is 4.16. The van der Waals surface area contributed by atoms with Crippen molar-refractivity contribution in [1.82, 2.24) is 0 Å². The van der Waals surface area contributed by atoms with Crippen molar-refractivity contribution in [2.45, 2.75) is 19.3 Å². The fraction of sp³-hybridized carbons (Fsp3) is 0.800. The van der Waals surface area contributed by atoms with Crippen LogP contribution in [0.2, 0.25) is 0 Å². The predicted molar refractivity (Wildman–Crippen MR) is 40.6 cm³/mol. The molecule has 0 saturated heterocycles. The third-order valence-electron chi connectivity index (χ3n) is 0.694. The van der Waals surface area contributed by atoms with Crippen LogP contribution in [-0.4, -0.2) is 17.2 Å². The first kappa shape index (κ1) is 8.78. The molecule has 0 amide bonds. The van der Waals surface area contributed by atoms with Crippen LogP contribution in [0, 0.1) is 5.41 Å². The molecule has 3 nitrogen and oxygen atoms in total. The molecule has 0 fully saturated rings. The van der Waals surface area contributed by atoms with Gasteiger partial charge in [0, 0.05) is 6.61 Å². The van der Waals surface area contributed by atoms with Crippen LogP contribution in [0.1, 0.15) is 13.8 Å². The van der Waals surface area contributed by atoms with E-state index in [9.17, 15) is 0 Å². The summed E-state index contributed by atoms with van der Waals surface area (Å²) >= 11 is 1.22. The summed E-state index contributed by atoms with van der Waals surface area (Å²) in [6, 6.07) is 0. The maximum atomic E-state index is 6.86. The quantitative estimate of drug-likeness (QED) is 0.356. The molecule has 1 atom stereocenters. The largest absolute Gasteiger partial charge is 0.379 e. The van der Waals surface area contributed by atoms with E-state index < -0.39 is 0 Å². The molecule has 0 aromatic rings. The Hall–Kier alpha value is -0.220. The van der Waals surface area contributed by atoms with Crippen molar-refractivity contribution in [3.63, 3.8) is 0 Å². The lowest BCUT2D eigenvalue weighted by Gasteiger charge is -2.07. The van der Waals surface area contributed by atoms with Gasteiger partial charge in [-0.2, -0.15) is 0 Å². The SMILES string of the molecule is CCOC(C)SC(=N)N. The van der Waals surface area contributed by atoms with Gasteiger partial charge in [0.05, 0.1) is 0 Å². The average Bonchev–Trinajstić information content (AvgIpc) is 1.63. The number of ether oxygens (including phenoxy) is 1. The zero-order valence-corrected chi connectivity index (χ0v) is 6.49. The van der Waals surface area contributed by atoms with Gasteiger partial charge in [0.15, 0.2) is 5.17 Å². The van der Waals surface area contributed by atoms with E-state index >= 15 is 0 Å². The fourth-order valence-electron chi connectivity index (χ4n) is 0.448. The summed E-state index contributed by atoms with van der Waals surface area (Å²) in [7, 11) is 0. The van der Waals surface area contributed by atoms with E-state index in [0.29, 0.717) is 6.61 Å². The highest BCUT2D eigenvalue weighted by Crippen LogP contribution is 2.09. The molecular weight excluding hydrogens is 136 g/mol. The van der Waals surface area contributed by atoms with Crippen molar-refractivity contribution < 1.29 is 4.74 Å². The van der Waals surface area contributed by atoms with Gasteiger partial charge in [-0.05, 0) is 13.8 Å². The first-order valence-electron chi connectivity index (χ1n) is 2.79. The summed E-state index contributed by atoms with van der Waals surface area (Å²) in [5, 5.41) is 6.97. The molecule has 54 valence electrons. The topological polar surface area (TPSA) is 59.1 Å². The molecule has 0 heterocycles. The van der Waals surface area contributed by atoms with Crippen LogP contribution >= 0.6 is 11.8 Å². The molecule has 0 spiro atoms. The average molecular weight is 148 g/mol. The van der Waals surface area contributed by atoms with Crippen LogP contribution in [0.3, 0.4) is 0 Å². The number of rotatable bonds is 3. The van der Waals surface area contributed by atoms with Crippen molar-refractivity contribution in [1.29, 1.82) is 5.41 Å². The lowest BCUT2D eigenvalue weighted by atomic mass is 10.8. The minimum absolute atomic E-state index is 0.00694. The van der Waals surface area contributed by atoms with Gasteiger partial charge in [0.25, 0.3) is 0 Å². The summed E-state index contributed by atoms with van der Waals surface area (Å²) in [5.41, 5.74) is 5.10. The Morgan fingerprint density at radius 2 is 2.44 bits per heavy atom. The summed E-state index contributed by atoms with van der Waals surface area (Å²) in [6.45, 7) is 4.45. The van der Waals surface area contributed by atoms with Crippen molar-refractivity contribution in [2.24, 2.45) is 5.73 Å². The molecule has 0 saturated carbocycles. The fourth-order valence-corrected chi connectivity index (χ4v) is 1.01. The Morgan fingerprint density at radius 1 is 1.89 bits per heavy atom. The molecular formula is C5H12N2OS. The van der Waals surface area contributed by atoms with Gasteiger partial charge in [0.1, 0.15) is 5.44 Å². The normalized spacial score (nSPS) is 13.1. The molecule has 1 unspecified atom stereocenters. The van der Waals surface area contributed by atoms with Crippen LogP contribution in [0.5, 0.6) is 0 Å². The summed E-state index contributed by atoms with van der Waals surface area (Å²) in [5.74, 6) is 0. The lowest BCUT2D eigenvalue weighted by molar-refractivity contribution is 0.138. The van der Waals surface area contributed by atoms with Crippen LogP contribution in [0.15, 0.2) is 0 Å². The highest BCUT2D eigenvalue weighted by Gasteiger charge is 2.01. The number of hydrogen-bond acceptors (Lipinski definition) is 3. The minimum Gasteiger partial charge on any atom is -0.379 e. The van der Waals surface area contributed by atoms with Gasteiger partial charge < -0.3 is 10.5 Å². The Balaban J connectivity index is 3.26. The molecule has 0 aliphatic rings. The van der Waals surface area contributed by atoms with Gasteiger partial charge in [0.2, 0.25) is 0 Å². The molecule has 0 bridgehead atoms. The number of nitrogens with one attached hydrogen (secondary N) is 1. The van der Waals surface area contributed by atoms with Gasteiger partial charge in [-0.1, -0.05) is 11.8 Å². The van der Waals surface area contributed by atoms with E-state index in [1.807, 2.05) is 13.8 Å². The molecule has 0 aliphatic heterocycles. The van der Waals surface area contributed by atoms with Crippen LogP contribution in [0.25, 0.3) is 0 Å². The summed E-state index contributed by atoms with van der Waals surface area (Å²) < 4.78 is 5.09. The Kier molecular flexibility index (Phi) is 4.53. The third kappa shape index (κ3) is 5.65. The van der Waals surface area contributed by atoms with Gasteiger partial charge in [-0.3, -0.25) is 5.41 Å². The molecule has 9 heavy (non-hydrogen) atoms. The third-order valence-corrected chi connectivity index (χ3v) is 1.42. The molecule has 0 rings (SSSR count). The Morgan fingerprint density at radius 3 is 2.78 bits per heavy atom. The maximum Gasteiger partial charge on any atom is 0.153 e. The van der Waals surface area contributed by atoms with Crippen LogP contribution < -0.4 is 5.73 Å². The number of hydrogen-bond donors (Lipinski definition) is 2. The molecule has 0 radical (unpaired) electrons. The molecule has 0 aromatic carbocycles. The highest BCUT2D eigenvalue weighted by molar-refractivity contribution is 8.14. The van der Waals surface area contributed by atoms with Crippen molar-refractivity contribution in [3.05, 3.63) is 0 Å². The second-order valence-electron chi connectivity index (χ2n) is 1.51. The van der Waals surface area contributed by atoms with E-state index in [1.165, 1.54) is 11.8 Å². The van der Waals surface area contributed by atoms with Gasteiger partial charge in [-0.25, -0.2) is 0 Å². The zero-order valence-electron chi connectivity index (χ0n) is 5.68. The molecule has 3 N–H and O–H groups in total. The highest BCUT2D eigenvalue weighted by atomic mass is 32.2. The van der Waals surface area contributed by atoms with Crippen molar-refractivity contribution in [2.75, 3.05) is 6.61 Å². The van der Waals surface area contributed by atoms with E-state index in [4.69, 9.17) is 15.9 Å². The number of thioether (sulfide) groups is 1. The smallest absolute Gasteiger partial charge is 0.153 e. The second kappa shape index (κ2) is 4.64. The summed E-state index contributed by atoms with van der Waals surface area (Å²) in [6.07, 6.45) is 0. The zero-order chi connectivity index (χ0) is 7.28. The molecule has 0 aromatic heterocycles. The second-order valence-corrected chi connectivity index (χ2v) is 2.84. The standard InChI is InChI=1S/C5H12N2OS/c1-3-8-4(2)9-5(6)7/h4H,3H2,1-2H3,(H3,6,7). The van der Waals surface area contributed by atoms with E-state index in [2.05, 4.69) is 0 Å². The van der Waals surface area contributed by atoms with E-state index in [0.717, 1.165) is 0 Å². The predicted octanol–water partition coefficient (Wildman–Crippen LogP) is 0.996. The van der Waals surface area contributed by atoms with Gasteiger partial charge >= 0.3 is 0 Å². The van der Waals surface area contributed by atoms with Crippen LogP contribution in [0.4, 0.5) is 0 Å². The molecule has 0 aliphatic carbocycles. The first-order valence-corrected chi connectivity index (χ1v) is 3.67.